The van der Waals surface area contributed by atoms with Gasteiger partial charge in [0, 0.05) is 22.6 Å². The van der Waals surface area contributed by atoms with Gasteiger partial charge in [-0.3, -0.25) is 0 Å². The van der Waals surface area contributed by atoms with E-state index in [9.17, 15) is 9.18 Å². The van der Waals surface area contributed by atoms with Gasteiger partial charge in [-0.1, -0.05) is 41.9 Å². The van der Waals surface area contributed by atoms with Crippen molar-refractivity contribution in [1.29, 1.82) is 0 Å². The van der Waals surface area contributed by atoms with Crippen LogP contribution in [-0.4, -0.2) is 15.5 Å². The normalized spacial score (nSPS) is 15.0. The molecule has 0 aliphatic carbocycles. The Kier molecular flexibility index (Phi) is 4.96. The van der Waals surface area contributed by atoms with Crippen LogP contribution in [0.25, 0.3) is 5.69 Å². The van der Waals surface area contributed by atoms with Crippen LogP contribution in [0.2, 0.25) is 5.02 Å². The number of amides is 2. The maximum atomic E-state index is 13.5. The molecule has 31 heavy (non-hydrogen) atoms. The van der Waals surface area contributed by atoms with E-state index in [1.165, 1.54) is 12.1 Å². The number of carbonyl (C=O) groups is 1. The second kappa shape index (κ2) is 7.93. The Morgan fingerprint density at radius 1 is 0.935 bits per heavy atom. The molecule has 0 spiro atoms. The number of nitrogens with zero attached hydrogens (tertiary/aromatic N) is 2. The molecule has 5 rings (SSSR count). The van der Waals surface area contributed by atoms with Crippen molar-refractivity contribution in [2.24, 2.45) is 0 Å². The van der Waals surface area contributed by atoms with Gasteiger partial charge in [0.05, 0.1) is 18.3 Å². The summed E-state index contributed by atoms with van der Waals surface area (Å²) in [5.74, 6) is -0.349. The minimum atomic E-state index is -0.349. The highest BCUT2D eigenvalue weighted by atomic mass is 35.5. The molecule has 1 aliphatic rings. The highest BCUT2D eigenvalue weighted by Crippen LogP contribution is 2.37. The molecule has 1 aromatic heterocycles. The van der Waals surface area contributed by atoms with Crippen molar-refractivity contribution in [3.63, 3.8) is 0 Å². The lowest BCUT2D eigenvalue weighted by Gasteiger charge is -2.31. The molecule has 1 aliphatic heterocycles. The Morgan fingerprint density at radius 2 is 1.68 bits per heavy atom. The number of nitrogens with one attached hydrogen (secondary N) is 1. The first kappa shape index (κ1) is 19.4. The number of benzene rings is 3. The van der Waals surface area contributed by atoms with E-state index in [-0.39, 0.29) is 17.9 Å². The van der Waals surface area contributed by atoms with Gasteiger partial charge in [0.15, 0.2) is 0 Å². The maximum absolute atomic E-state index is 13.5. The minimum Gasteiger partial charge on any atom is -0.318 e. The topological polar surface area (TPSA) is 37.3 Å². The molecule has 1 N–H and O–H groups in total. The van der Waals surface area contributed by atoms with Gasteiger partial charge >= 0.3 is 6.03 Å². The summed E-state index contributed by atoms with van der Waals surface area (Å²) in [6.45, 7) is 0.415. The zero-order chi connectivity index (χ0) is 21.4. The van der Waals surface area contributed by atoms with E-state index in [0.29, 0.717) is 17.3 Å². The van der Waals surface area contributed by atoms with Crippen LogP contribution in [0.15, 0.2) is 91.1 Å². The van der Waals surface area contributed by atoms with Crippen molar-refractivity contribution in [2.45, 2.75) is 12.6 Å². The molecule has 154 valence electrons. The van der Waals surface area contributed by atoms with E-state index < -0.39 is 0 Å². The number of para-hydroxylation sites is 1. The van der Waals surface area contributed by atoms with Crippen molar-refractivity contribution in [3.8, 4) is 5.69 Å². The van der Waals surface area contributed by atoms with Crippen LogP contribution in [-0.2, 0) is 6.54 Å². The smallest absolute Gasteiger partial charge is 0.318 e. The number of hydrogen-bond acceptors (Lipinski definition) is 1. The summed E-state index contributed by atoms with van der Waals surface area (Å²) in [5.41, 5.74) is 4.53. The summed E-state index contributed by atoms with van der Waals surface area (Å²) in [7, 11) is 0. The average Bonchev–Trinajstić information content (AvgIpc) is 3.20. The van der Waals surface area contributed by atoms with Gasteiger partial charge in [0.1, 0.15) is 5.82 Å². The van der Waals surface area contributed by atoms with Crippen molar-refractivity contribution >= 4 is 23.3 Å². The largest absolute Gasteiger partial charge is 0.322 e. The predicted octanol–water partition coefficient (Wildman–Crippen LogP) is 6.41. The van der Waals surface area contributed by atoms with Crippen molar-refractivity contribution in [2.75, 3.05) is 5.32 Å². The molecule has 0 saturated heterocycles. The van der Waals surface area contributed by atoms with Gasteiger partial charge in [-0.2, -0.15) is 0 Å². The molecule has 6 heteroatoms. The lowest BCUT2D eigenvalue weighted by atomic mass is 10.0. The van der Waals surface area contributed by atoms with Crippen LogP contribution >= 0.6 is 11.6 Å². The SMILES string of the molecule is O=C(Nc1ccc(F)cc1)N1Cc2ccccc2-n2cccc2C1c1ccc(Cl)cc1. The Morgan fingerprint density at radius 3 is 2.45 bits per heavy atom. The Balaban J connectivity index is 1.62. The van der Waals surface area contributed by atoms with Crippen molar-refractivity contribution < 1.29 is 9.18 Å². The molecule has 2 amide bonds. The summed E-state index contributed by atoms with van der Waals surface area (Å²) < 4.78 is 15.4. The van der Waals surface area contributed by atoms with Crippen LogP contribution in [0, 0.1) is 5.82 Å². The van der Waals surface area contributed by atoms with Crippen LogP contribution in [0.4, 0.5) is 14.9 Å². The monoisotopic (exact) mass is 431 g/mol. The minimum absolute atomic E-state index is 0.268. The molecular formula is C25H19ClFN3O. The summed E-state index contributed by atoms with van der Waals surface area (Å²) in [6.07, 6.45) is 2.01. The van der Waals surface area contributed by atoms with E-state index in [0.717, 1.165) is 22.5 Å². The van der Waals surface area contributed by atoms with E-state index in [1.54, 1.807) is 17.0 Å². The van der Waals surface area contributed by atoms with Gasteiger partial charge in [-0.15, -0.1) is 0 Å². The van der Waals surface area contributed by atoms with Gasteiger partial charge in [0.2, 0.25) is 0 Å². The predicted molar refractivity (Wildman–Crippen MR) is 120 cm³/mol. The summed E-state index contributed by atoms with van der Waals surface area (Å²) in [5, 5.41) is 3.55. The molecular weight excluding hydrogens is 413 g/mol. The van der Waals surface area contributed by atoms with Crippen molar-refractivity contribution in [3.05, 3.63) is 119 Å². The Bertz CT molecular complexity index is 1230. The summed E-state index contributed by atoms with van der Waals surface area (Å²) in [6, 6.07) is 24.8. The lowest BCUT2D eigenvalue weighted by molar-refractivity contribution is 0.194. The molecule has 0 radical (unpaired) electrons. The van der Waals surface area contributed by atoms with E-state index >= 15 is 0 Å². The number of carbonyl (C=O) groups excluding carboxylic acids is 1. The quantitative estimate of drug-likeness (QED) is 0.391. The highest BCUT2D eigenvalue weighted by molar-refractivity contribution is 6.30. The van der Waals surface area contributed by atoms with Crippen LogP contribution < -0.4 is 5.32 Å². The highest BCUT2D eigenvalue weighted by Gasteiger charge is 2.32. The average molecular weight is 432 g/mol. The van der Waals surface area contributed by atoms with Crippen molar-refractivity contribution in [1.82, 2.24) is 9.47 Å². The molecule has 1 atom stereocenters. The number of fused-ring (bicyclic) bond motifs is 3. The molecule has 0 bridgehead atoms. The number of hydrogen-bond donors (Lipinski definition) is 1. The standard InChI is InChI=1S/C25H19ClFN3O/c26-19-9-7-17(8-10-19)24-23-6-3-15-29(23)22-5-2-1-4-18(22)16-30(24)25(31)28-21-13-11-20(27)12-14-21/h1-15,24H,16H2,(H,28,31). The van der Waals surface area contributed by atoms with Crippen LogP contribution in [0.3, 0.4) is 0 Å². The Labute approximate surface area is 184 Å². The molecule has 1 unspecified atom stereocenters. The number of rotatable bonds is 2. The first-order valence-electron chi connectivity index (χ1n) is 9.94. The lowest BCUT2D eigenvalue weighted by Crippen LogP contribution is -2.37. The summed E-state index contributed by atoms with van der Waals surface area (Å²) in [4.78, 5) is 15.3. The molecule has 3 aromatic carbocycles. The zero-order valence-electron chi connectivity index (χ0n) is 16.5. The number of urea groups is 1. The number of anilines is 1. The Hall–Kier alpha value is -3.57. The second-order valence-corrected chi connectivity index (χ2v) is 7.89. The third kappa shape index (κ3) is 3.68. The molecule has 4 aromatic rings. The number of halogens is 2. The van der Waals surface area contributed by atoms with E-state index in [2.05, 4.69) is 16.0 Å². The van der Waals surface area contributed by atoms with Gasteiger partial charge < -0.3 is 14.8 Å². The van der Waals surface area contributed by atoms with E-state index in [4.69, 9.17) is 11.6 Å². The van der Waals surface area contributed by atoms with Crippen LogP contribution in [0.1, 0.15) is 22.9 Å². The fourth-order valence-corrected chi connectivity index (χ4v) is 4.19. The molecule has 0 saturated carbocycles. The first-order valence-corrected chi connectivity index (χ1v) is 10.3. The fourth-order valence-electron chi connectivity index (χ4n) is 4.06. The van der Waals surface area contributed by atoms with Gasteiger partial charge in [-0.05, 0) is 65.7 Å². The fraction of sp³-hybridized carbons (Fsp3) is 0.0800. The third-order valence-electron chi connectivity index (χ3n) is 5.51. The molecule has 4 nitrogen and oxygen atoms in total. The molecule has 2 heterocycles. The summed E-state index contributed by atoms with van der Waals surface area (Å²) >= 11 is 6.13. The molecule has 0 fully saturated rings. The number of aromatic nitrogens is 1. The van der Waals surface area contributed by atoms with Gasteiger partial charge in [-0.25, -0.2) is 9.18 Å². The third-order valence-corrected chi connectivity index (χ3v) is 5.76. The van der Waals surface area contributed by atoms with Gasteiger partial charge in [0.25, 0.3) is 0 Å². The zero-order valence-corrected chi connectivity index (χ0v) is 17.3. The van der Waals surface area contributed by atoms with E-state index in [1.807, 2.05) is 60.8 Å². The maximum Gasteiger partial charge on any atom is 0.322 e. The first-order chi connectivity index (χ1) is 15.1. The van der Waals surface area contributed by atoms with Crippen LogP contribution in [0.5, 0.6) is 0 Å². The second-order valence-electron chi connectivity index (χ2n) is 7.45.